The van der Waals surface area contributed by atoms with E-state index in [1.807, 2.05) is 18.0 Å². The molecule has 3 heterocycles. The summed E-state index contributed by atoms with van der Waals surface area (Å²) in [5.74, 6) is 0.352. The van der Waals surface area contributed by atoms with Crippen molar-refractivity contribution in [2.45, 2.75) is 43.8 Å². The summed E-state index contributed by atoms with van der Waals surface area (Å²) in [6.07, 6.45) is 5.71. The van der Waals surface area contributed by atoms with Gasteiger partial charge in [-0.1, -0.05) is 0 Å². The molecule has 2 aliphatic rings. The summed E-state index contributed by atoms with van der Waals surface area (Å²) in [5.41, 5.74) is 0.117. The molecule has 2 atom stereocenters. The number of piperidine rings is 1. The zero-order valence-electron chi connectivity index (χ0n) is 11.8. The van der Waals surface area contributed by atoms with Crippen LogP contribution in [0.3, 0.4) is 0 Å². The predicted molar refractivity (Wildman–Crippen MR) is 77.0 cm³/mol. The van der Waals surface area contributed by atoms with Crippen LogP contribution in [0.4, 0.5) is 11.5 Å². The number of hydrogen-bond acceptors (Lipinski definition) is 6. The lowest BCUT2D eigenvalue weighted by Gasteiger charge is -2.35. The third kappa shape index (κ3) is 2.54. The molecule has 0 amide bonds. The lowest BCUT2D eigenvalue weighted by atomic mass is 9.98. The Morgan fingerprint density at radius 3 is 2.71 bits per heavy atom. The number of nitrogens with zero attached hydrogens (tertiary/aromatic N) is 4. The molecule has 0 aliphatic carbocycles. The quantitative estimate of drug-likeness (QED) is 0.670. The maximum absolute atomic E-state index is 11.2. The normalized spacial score (nSPS) is 27.1. The fourth-order valence-electron chi connectivity index (χ4n) is 3.43. The average Bonchev–Trinajstić information content (AvgIpc) is 2.84. The van der Waals surface area contributed by atoms with Crippen molar-refractivity contribution in [3.63, 3.8) is 0 Å². The Hall–Kier alpha value is -2.20. The Morgan fingerprint density at radius 2 is 2.14 bits per heavy atom. The summed E-state index contributed by atoms with van der Waals surface area (Å²) in [7, 11) is 1.86. The topological polar surface area (TPSA) is 95.1 Å². The lowest BCUT2D eigenvalue weighted by molar-refractivity contribution is -0.384. The second kappa shape index (κ2) is 5.30. The third-order valence-corrected chi connectivity index (χ3v) is 4.50. The number of nitriles is 1. The van der Waals surface area contributed by atoms with Gasteiger partial charge >= 0.3 is 5.69 Å². The Kier molecular flexibility index (Phi) is 3.47. The van der Waals surface area contributed by atoms with Gasteiger partial charge in [-0.05, 0) is 25.7 Å². The van der Waals surface area contributed by atoms with Gasteiger partial charge in [-0.15, -0.1) is 0 Å². The van der Waals surface area contributed by atoms with E-state index in [2.05, 4.69) is 10.3 Å². The minimum Gasteiger partial charge on any atom is -0.351 e. The molecule has 110 valence electrons. The van der Waals surface area contributed by atoms with E-state index < -0.39 is 4.92 Å². The zero-order chi connectivity index (χ0) is 15.0. The molecule has 1 N–H and O–H groups in total. The summed E-state index contributed by atoms with van der Waals surface area (Å²) in [6, 6.07) is 4.47. The number of aromatic nitrogens is 1. The molecule has 2 fully saturated rings. The fraction of sp³-hybridized carbons (Fsp3) is 0.571. The van der Waals surface area contributed by atoms with Crippen LogP contribution in [0, 0.1) is 21.4 Å². The van der Waals surface area contributed by atoms with Crippen LogP contribution in [0.1, 0.15) is 31.2 Å². The van der Waals surface area contributed by atoms with E-state index in [4.69, 9.17) is 5.26 Å². The molecule has 1 aromatic heterocycles. The largest absolute Gasteiger partial charge is 0.351 e. The summed E-state index contributed by atoms with van der Waals surface area (Å²) in [6.45, 7) is 0. The molecule has 2 bridgehead atoms. The Bertz CT molecular complexity index is 600. The molecule has 7 nitrogen and oxygen atoms in total. The van der Waals surface area contributed by atoms with Crippen LogP contribution in [-0.4, -0.2) is 35.1 Å². The first kappa shape index (κ1) is 13.8. The number of fused-ring (bicyclic) bond motifs is 2. The van der Waals surface area contributed by atoms with Crippen LogP contribution in [0.5, 0.6) is 0 Å². The number of pyridine rings is 1. The summed E-state index contributed by atoms with van der Waals surface area (Å²) < 4.78 is 0. The molecule has 21 heavy (non-hydrogen) atoms. The molecule has 0 spiro atoms. The van der Waals surface area contributed by atoms with Crippen molar-refractivity contribution in [2.75, 3.05) is 11.9 Å². The molecule has 2 saturated heterocycles. The number of hydrogen-bond donors (Lipinski definition) is 1. The molecule has 0 aromatic carbocycles. The minimum atomic E-state index is -0.463. The second-order valence-electron chi connectivity index (χ2n) is 5.81. The monoisotopic (exact) mass is 287 g/mol. The van der Waals surface area contributed by atoms with Gasteiger partial charge in [-0.2, -0.15) is 5.26 Å². The molecular weight excluding hydrogens is 270 g/mol. The SMILES string of the molecule is CN(c1ncc(C#N)cc1[N+](=O)[O-])C1CC2CCC(C1)N2. The maximum atomic E-state index is 11.2. The molecule has 0 radical (unpaired) electrons. The van der Waals surface area contributed by atoms with Gasteiger partial charge in [-0.25, -0.2) is 4.98 Å². The smallest absolute Gasteiger partial charge is 0.312 e. The number of anilines is 1. The zero-order valence-corrected chi connectivity index (χ0v) is 11.8. The van der Waals surface area contributed by atoms with E-state index in [9.17, 15) is 10.1 Å². The van der Waals surface area contributed by atoms with Gasteiger partial charge in [0.25, 0.3) is 0 Å². The molecule has 0 saturated carbocycles. The van der Waals surface area contributed by atoms with E-state index in [-0.39, 0.29) is 17.3 Å². The first-order valence-electron chi connectivity index (χ1n) is 7.12. The van der Waals surface area contributed by atoms with E-state index in [0.717, 1.165) is 12.8 Å². The van der Waals surface area contributed by atoms with Crippen LogP contribution in [0.15, 0.2) is 12.3 Å². The third-order valence-electron chi connectivity index (χ3n) is 4.50. The van der Waals surface area contributed by atoms with Crippen molar-refractivity contribution in [1.82, 2.24) is 10.3 Å². The molecule has 7 heteroatoms. The standard InChI is InChI=1S/C14H17N5O2/c1-18(12-5-10-2-3-11(6-12)17-10)14-13(19(20)21)4-9(7-15)8-16-14/h4,8,10-12,17H,2-3,5-6H2,1H3. The van der Waals surface area contributed by atoms with Crippen LogP contribution in [0.25, 0.3) is 0 Å². The molecule has 2 aliphatic heterocycles. The van der Waals surface area contributed by atoms with E-state index in [1.165, 1.54) is 25.1 Å². The molecular formula is C14H17N5O2. The maximum Gasteiger partial charge on any atom is 0.312 e. The molecule has 2 unspecified atom stereocenters. The second-order valence-corrected chi connectivity index (χ2v) is 5.81. The van der Waals surface area contributed by atoms with E-state index in [1.54, 1.807) is 0 Å². The van der Waals surface area contributed by atoms with E-state index >= 15 is 0 Å². The number of nitro groups is 1. The van der Waals surface area contributed by atoms with Crippen molar-refractivity contribution in [2.24, 2.45) is 0 Å². The van der Waals surface area contributed by atoms with E-state index in [0.29, 0.717) is 17.9 Å². The highest BCUT2D eigenvalue weighted by Crippen LogP contribution is 2.34. The van der Waals surface area contributed by atoms with Crippen molar-refractivity contribution >= 4 is 11.5 Å². The highest BCUT2D eigenvalue weighted by atomic mass is 16.6. The molecule has 3 rings (SSSR count). The van der Waals surface area contributed by atoms with Gasteiger partial charge in [0, 0.05) is 37.4 Å². The predicted octanol–water partition coefficient (Wildman–Crippen LogP) is 1.58. The highest BCUT2D eigenvalue weighted by molar-refractivity contribution is 5.60. The molecule has 1 aromatic rings. The minimum absolute atomic E-state index is 0.0950. The number of nitrogens with one attached hydrogen (secondary N) is 1. The first-order chi connectivity index (χ1) is 10.1. The van der Waals surface area contributed by atoms with Gasteiger partial charge in [0.05, 0.1) is 10.5 Å². The van der Waals surface area contributed by atoms with Crippen LogP contribution >= 0.6 is 0 Å². The fourth-order valence-corrected chi connectivity index (χ4v) is 3.43. The van der Waals surface area contributed by atoms with Gasteiger partial charge in [-0.3, -0.25) is 10.1 Å². The van der Waals surface area contributed by atoms with Crippen molar-refractivity contribution in [3.8, 4) is 6.07 Å². The lowest BCUT2D eigenvalue weighted by Crippen LogP contribution is -2.47. The van der Waals surface area contributed by atoms with Gasteiger partial charge in [0.1, 0.15) is 6.07 Å². The Labute approximate surface area is 122 Å². The van der Waals surface area contributed by atoms with Crippen LogP contribution < -0.4 is 10.2 Å². The van der Waals surface area contributed by atoms with Gasteiger partial charge in [0.2, 0.25) is 5.82 Å². The summed E-state index contributed by atoms with van der Waals surface area (Å²) >= 11 is 0. The van der Waals surface area contributed by atoms with Gasteiger partial charge in [0.15, 0.2) is 0 Å². The van der Waals surface area contributed by atoms with Crippen molar-refractivity contribution < 1.29 is 4.92 Å². The van der Waals surface area contributed by atoms with Crippen molar-refractivity contribution in [3.05, 3.63) is 27.9 Å². The average molecular weight is 287 g/mol. The van der Waals surface area contributed by atoms with Crippen LogP contribution in [-0.2, 0) is 0 Å². The Morgan fingerprint density at radius 1 is 1.48 bits per heavy atom. The first-order valence-corrected chi connectivity index (χ1v) is 7.12. The Balaban J connectivity index is 1.89. The van der Waals surface area contributed by atoms with Crippen LogP contribution in [0.2, 0.25) is 0 Å². The van der Waals surface area contributed by atoms with Gasteiger partial charge < -0.3 is 10.2 Å². The summed E-state index contributed by atoms with van der Waals surface area (Å²) in [5, 5.41) is 23.7. The highest BCUT2D eigenvalue weighted by Gasteiger charge is 2.36. The van der Waals surface area contributed by atoms with Crippen molar-refractivity contribution in [1.29, 1.82) is 5.26 Å². The number of rotatable bonds is 3. The summed E-state index contributed by atoms with van der Waals surface area (Å²) in [4.78, 5) is 16.8.